The molecule has 0 aliphatic rings. The number of carbonyl (C=O) groups is 1. The third-order valence-corrected chi connectivity index (χ3v) is 4.70. The van der Waals surface area contributed by atoms with E-state index in [1.165, 1.54) is 21.6 Å². The van der Waals surface area contributed by atoms with Gasteiger partial charge in [-0.25, -0.2) is 4.68 Å². The molecule has 0 aliphatic heterocycles. The van der Waals surface area contributed by atoms with Crippen LogP contribution in [0.2, 0.25) is 0 Å². The third-order valence-electron chi connectivity index (χ3n) is 4.70. The Bertz CT molecular complexity index is 1580. The number of fused-ring (bicyclic) bond motifs is 1. The van der Waals surface area contributed by atoms with Crippen LogP contribution in [0, 0.1) is 17.0 Å². The molecule has 33 heavy (non-hydrogen) atoms. The molecule has 0 atom stereocenters. The first kappa shape index (κ1) is 19.9. The van der Waals surface area contributed by atoms with Gasteiger partial charge in [0, 0.05) is 6.07 Å². The van der Waals surface area contributed by atoms with E-state index in [1.54, 1.807) is 13.0 Å². The fraction of sp³-hybridized carbons (Fsp3) is 0.0500. The van der Waals surface area contributed by atoms with Crippen LogP contribution in [-0.4, -0.2) is 40.4 Å². The van der Waals surface area contributed by atoms with Gasteiger partial charge in [0.25, 0.3) is 11.5 Å². The normalized spacial score (nSPS) is 11.1. The predicted molar refractivity (Wildman–Crippen MR) is 115 cm³/mol. The molecule has 0 fully saturated rings. The molecule has 5 rings (SSSR count). The number of anilines is 1. The maximum Gasteiger partial charge on any atom is 0.433 e. The van der Waals surface area contributed by atoms with Crippen molar-refractivity contribution in [2.24, 2.45) is 0 Å². The highest BCUT2D eigenvalue weighted by Gasteiger charge is 2.21. The zero-order valence-electron chi connectivity index (χ0n) is 16.9. The van der Waals surface area contributed by atoms with Crippen molar-refractivity contribution in [2.75, 3.05) is 5.32 Å². The van der Waals surface area contributed by atoms with E-state index in [1.807, 2.05) is 30.3 Å². The largest absolute Gasteiger partial charge is 0.433 e. The van der Waals surface area contributed by atoms with Crippen LogP contribution in [-0.2, 0) is 0 Å². The number of benzene rings is 1. The first-order valence-electron chi connectivity index (χ1n) is 9.57. The molecule has 0 spiro atoms. The van der Waals surface area contributed by atoms with Crippen LogP contribution in [0.5, 0.6) is 0 Å². The van der Waals surface area contributed by atoms with E-state index in [4.69, 9.17) is 4.42 Å². The van der Waals surface area contributed by atoms with Crippen molar-refractivity contribution in [3.05, 3.63) is 86.7 Å². The number of H-pyrrole nitrogens is 1. The smallest absolute Gasteiger partial charge is 0.395 e. The number of nitro groups is 1. The molecule has 5 aromatic rings. The lowest BCUT2D eigenvalue weighted by Crippen LogP contribution is -2.19. The van der Waals surface area contributed by atoms with Crippen molar-refractivity contribution in [2.45, 2.75) is 6.92 Å². The Morgan fingerprint density at radius 1 is 1.18 bits per heavy atom. The van der Waals surface area contributed by atoms with Gasteiger partial charge in [-0.1, -0.05) is 18.2 Å². The fourth-order valence-corrected chi connectivity index (χ4v) is 3.24. The van der Waals surface area contributed by atoms with E-state index in [-0.39, 0.29) is 22.9 Å². The number of hydrogen-bond donors (Lipinski definition) is 2. The Balaban J connectivity index is 1.56. The van der Waals surface area contributed by atoms with Gasteiger partial charge in [0.1, 0.15) is 16.1 Å². The quantitative estimate of drug-likeness (QED) is 0.306. The first-order valence-corrected chi connectivity index (χ1v) is 9.57. The van der Waals surface area contributed by atoms with Crippen LogP contribution >= 0.6 is 0 Å². The van der Waals surface area contributed by atoms with Crippen LogP contribution < -0.4 is 10.9 Å². The molecule has 0 saturated carbocycles. The molecule has 0 aliphatic carbocycles. The molecule has 0 radical (unpaired) electrons. The maximum absolute atomic E-state index is 12.7. The van der Waals surface area contributed by atoms with Crippen molar-refractivity contribution in [3.8, 4) is 11.6 Å². The topological polar surface area (TPSA) is 167 Å². The highest BCUT2D eigenvalue weighted by molar-refractivity contribution is 6.02. The van der Waals surface area contributed by atoms with Crippen LogP contribution in [0.3, 0.4) is 0 Å². The van der Waals surface area contributed by atoms with E-state index in [0.717, 1.165) is 6.07 Å². The van der Waals surface area contributed by atoms with E-state index in [2.05, 4.69) is 25.5 Å². The van der Waals surface area contributed by atoms with E-state index in [0.29, 0.717) is 17.0 Å². The van der Waals surface area contributed by atoms with Gasteiger partial charge >= 0.3 is 5.88 Å². The summed E-state index contributed by atoms with van der Waals surface area (Å²) in [5, 5.41) is 22.2. The number of amides is 1. The molecule has 4 heterocycles. The zero-order valence-corrected chi connectivity index (χ0v) is 16.9. The number of carbonyl (C=O) groups excluding carboxylic acids is 1. The summed E-state index contributed by atoms with van der Waals surface area (Å²) in [6.07, 6.45) is 1.42. The molecule has 164 valence electrons. The molecule has 4 aromatic heterocycles. The highest BCUT2D eigenvalue weighted by Crippen LogP contribution is 2.20. The Kier molecular flexibility index (Phi) is 4.55. The molecule has 1 amide bonds. The van der Waals surface area contributed by atoms with Crippen LogP contribution in [0.15, 0.2) is 63.9 Å². The van der Waals surface area contributed by atoms with Crippen LogP contribution in [0.4, 0.5) is 11.7 Å². The molecule has 1 aromatic carbocycles. The predicted octanol–water partition coefficient (Wildman–Crippen LogP) is 2.36. The molecule has 13 heteroatoms. The second-order valence-corrected chi connectivity index (χ2v) is 6.95. The van der Waals surface area contributed by atoms with Crippen molar-refractivity contribution in [1.29, 1.82) is 0 Å². The number of rotatable bonds is 5. The summed E-state index contributed by atoms with van der Waals surface area (Å²) >= 11 is 0. The monoisotopic (exact) mass is 446 g/mol. The SMILES string of the molecule is Cc1cc(NC(=O)c2ccc([N+](=O)[O-])o2)n(-c2nc3c(cnn3-c3ccccc3)c(=O)[nH]2)n1. The van der Waals surface area contributed by atoms with Gasteiger partial charge in [0.2, 0.25) is 5.95 Å². The summed E-state index contributed by atoms with van der Waals surface area (Å²) in [5.41, 5.74) is 1.09. The van der Waals surface area contributed by atoms with Gasteiger partial charge in [0.05, 0.1) is 23.6 Å². The maximum atomic E-state index is 12.7. The Morgan fingerprint density at radius 2 is 1.97 bits per heavy atom. The minimum absolute atomic E-state index is 0.0407. The Labute approximate surface area is 183 Å². The van der Waals surface area contributed by atoms with E-state index >= 15 is 0 Å². The summed E-state index contributed by atoms with van der Waals surface area (Å²) in [5.74, 6) is -1.34. The van der Waals surface area contributed by atoms with Crippen LogP contribution in [0.25, 0.3) is 22.7 Å². The van der Waals surface area contributed by atoms with Gasteiger partial charge in [-0.3, -0.25) is 24.7 Å². The van der Waals surface area contributed by atoms with Gasteiger partial charge in [0.15, 0.2) is 11.4 Å². The lowest BCUT2D eigenvalue weighted by atomic mass is 10.3. The summed E-state index contributed by atoms with van der Waals surface area (Å²) in [4.78, 5) is 42.4. The summed E-state index contributed by atoms with van der Waals surface area (Å²) in [7, 11) is 0. The number of aromatic amines is 1. The summed E-state index contributed by atoms with van der Waals surface area (Å²) in [6, 6.07) is 13.0. The van der Waals surface area contributed by atoms with Gasteiger partial charge in [-0.05, 0) is 25.1 Å². The molecular formula is C20H14N8O5. The van der Waals surface area contributed by atoms with Crippen molar-refractivity contribution in [3.63, 3.8) is 0 Å². The molecule has 0 saturated heterocycles. The minimum Gasteiger partial charge on any atom is -0.395 e. The standard InChI is InChI=1S/C20H14N8O5/c1-11-9-15(22-19(30)14-7-8-16(33-14)28(31)32)27(25-11)20-23-17-13(18(29)24-20)10-21-26(17)12-5-3-2-4-6-12/h2-10H,1H3,(H,22,30)(H,23,24,29). The molecule has 2 N–H and O–H groups in total. The van der Waals surface area contributed by atoms with Crippen molar-refractivity contribution in [1.82, 2.24) is 29.5 Å². The Hall–Kier alpha value is -5.07. The van der Waals surface area contributed by atoms with E-state index < -0.39 is 22.3 Å². The second kappa shape index (κ2) is 7.56. The summed E-state index contributed by atoms with van der Waals surface area (Å²) < 4.78 is 7.70. The van der Waals surface area contributed by atoms with Gasteiger partial charge in [-0.15, -0.1) is 0 Å². The average molecular weight is 446 g/mol. The average Bonchev–Trinajstić information content (AvgIpc) is 3.52. The number of nitrogens with one attached hydrogen (secondary N) is 2. The van der Waals surface area contributed by atoms with E-state index in [9.17, 15) is 19.7 Å². The molecular weight excluding hydrogens is 432 g/mol. The number of aromatic nitrogens is 6. The highest BCUT2D eigenvalue weighted by atomic mass is 16.6. The molecule has 13 nitrogen and oxygen atoms in total. The summed E-state index contributed by atoms with van der Waals surface area (Å²) in [6.45, 7) is 1.69. The lowest BCUT2D eigenvalue weighted by molar-refractivity contribution is -0.402. The number of para-hydroxylation sites is 1. The van der Waals surface area contributed by atoms with Crippen molar-refractivity contribution < 1.29 is 14.1 Å². The second-order valence-electron chi connectivity index (χ2n) is 6.95. The first-order chi connectivity index (χ1) is 15.9. The third kappa shape index (κ3) is 3.52. The van der Waals surface area contributed by atoms with Crippen molar-refractivity contribution >= 4 is 28.6 Å². The number of nitrogens with zero attached hydrogens (tertiary/aromatic N) is 6. The molecule has 0 unspecified atom stereocenters. The number of aryl methyl sites for hydroxylation is 1. The minimum atomic E-state index is -0.745. The number of furan rings is 1. The molecule has 0 bridgehead atoms. The lowest BCUT2D eigenvalue weighted by Gasteiger charge is -2.08. The number of hydrogen-bond acceptors (Lipinski definition) is 8. The van der Waals surface area contributed by atoms with Crippen LogP contribution in [0.1, 0.15) is 16.2 Å². The van der Waals surface area contributed by atoms with Gasteiger partial charge in [-0.2, -0.15) is 19.9 Å². The van der Waals surface area contributed by atoms with Gasteiger partial charge < -0.3 is 9.73 Å². The Morgan fingerprint density at radius 3 is 2.70 bits per heavy atom. The fourth-order valence-electron chi connectivity index (χ4n) is 3.24. The zero-order chi connectivity index (χ0) is 23.1.